The van der Waals surface area contributed by atoms with Crippen LogP contribution in [0.2, 0.25) is 0 Å². The summed E-state index contributed by atoms with van der Waals surface area (Å²) in [6.07, 6.45) is -0.781. The average molecular weight is 223 g/mol. The largest absolute Gasteiger partial charge is 0.468 e. The van der Waals surface area contributed by atoms with Crippen LogP contribution < -0.4 is 5.32 Å². The molecule has 0 aliphatic carbocycles. The van der Waals surface area contributed by atoms with E-state index >= 15 is 0 Å². The number of benzene rings is 1. The molecule has 4 heteroatoms. The van der Waals surface area contributed by atoms with Crippen LogP contribution in [0.4, 0.5) is 0 Å². The maximum atomic E-state index is 11.3. The minimum atomic E-state index is -0.781. The summed E-state index contributed by atoms with van der Waals surface area (Å²) in [5, 5.41) is 12.4. The van der Waals surface area contributed by atoms with Crippen LogP contribution in [-0.4, -0.2) is 30.3 Å². The van der Waals surface area contributed by atoms with Gasteiger partial charge in [0.15, 0.2) is 0 Å². The predicted octanol–water partition coefficient (Wildman–Crippen LogP) is 0.699. The van der Waals surface area contributed by atoms with E-state index in [2.05, 4.69) is 10.1 Å². The van der Waals surface area contributed by atoms with Gasteiger partial charge in [0.25, 0.3) is 0 Å². The van der Waals surface area contributed by atoms with E-state index in [1.807, 2.05) is 30.3 Å². The van der Waals surface area contributed by atoms with E-state index in [1.165, 1.54) is 7.11 Å². The summed E-state index contributed by atoms with van der Waals surface area (Å²) in [4.78, 5) is 11.3. The highest BCUT2D eigenvalue weighted by Crippen LogP contribution is 2.01. The first-order valence-electron chi connectivity index (χ1n) is 5.18. The molecule has 0 fully saturated rings. The maximum absolute atomic E-state index is 11.3. The van der Waals surface area contributed by atoms with Gasteiger partial charge in [-0.25, -0.2) is 0 Å². The number of hydrogen-bond donors (Lipinski definition) is 2. The molecule has 0 saturated heterocycles. The van der Waals surface area contributed by atoms with Crippen LogP contribution in [0, 0.1) is 0 Å². The molecule has 0 aliphatic rings. The highest BCUT2D eigenvalue weighted by atomic mass is 16.5. The van der Waals surface area contributed by atoms with Gasteiger partial charge in [-0.15, -0.1) is 0 Å². The molecule has 2 atom stereocenters. The zero-order valence-electron chi connectivity index (χ0n) is 9.51. The summed E-state index contributed by atoms with van der Waals surface area (Å²) < 4.78 is 4.60. The van der Waals surface area contributed by atoms with E-state index in [4.69, 9.17) is 0 Å². The van der Waals surface area contributed by atoms with Crippen LogP contribution in [0.1, 0.15) is 12.5 Å². The first kappa shape index (κ1) is 12.7. The maximum Gasteiger partial charge on any atom is 0.325 e. The van der Waals surface area contributed by atoms with Gasteiger partial charge >= 0.3 is 5.97 Å². The fourth-order valence-corrected chi connectivity index (χ4v) is 1.40. The van der Waals surface area contributed by atoms with Crippen molar-refractivity contribution in [3.8, 4) is 0 Å². The van der Waals surface area contributed by atoms with Gasteiger partial charge < -0.3 is 9.84 Å². The molecule has 0 saturated carbocycles. The summed E-state index contributed by atoms with van der Waals surface area (Å²) in [6.45, 7) is 2.07. The van der Waals surface area contributed by atoms with E-state index in [0.717, 1.165) is 5.56 Å². The van der Waals surface area contributed by atoms with Gasteiger partial charge in [-0.1, -0.05) is 30.3 Å². The first-order valence-corrected chi connectivity index (χ1v) is 5.18. The number of aliphatic hydroxyl groups excluding tert-OH is 1. The molecule has 0 aromatic heterocycles. The van der Waals surface area contributed by atoms with Gasteiger partial charge in [0.1, 0.15) is 6.04 Å². The van der Waals surface area contributed by atoms with E-state index < -0.39 is 18.1 Å². The van der Waals surface area contributed by atoms with Crippen molar-refractivity contribution in [1.82, 2.24) is 5.32 Å². The normalized spacial score (nSPS) is 14.2. The molecule has 0 amide bonds. The Morgan fingerprint density at radius 2 is 2.06 bits per heavy atom. The fourth-order valence-electron chi connectivity index (χ4n) is 1.40. The van der Waals surface area contributed by atoms with Crippen molar-refractivity contribution in [2.24, 2.45) is 0 Å². The van der Waals surface area contributed by atoms with E-state index in [9.17, 15) is 9.90 Å². The number of hydrogen-bond acceptors (Lipinski definition) is 4. The summed E-state index contributed by atoms with van der Waals surface area (Å²) >= 11 is 0. The van der Waals surface area contributed by atoms with Crippen molar-refractivity contribution in [3.63, 3.8) is 0 Å². The second-order valence-electron chi connectivity index (χ2n) is 3.61. The molecule has 16 heavy (non-hydrogen) atoms. The summed E-state index contributed by atoms with van der Waals surface area (Å²) in [5.41, 5.74) is 1.05. The van der Waals surface area contributed by atoms with Gasteiger partial charge in [0.2, 0.25) is 0 Å². The first-order chi connectivity index (χ1) is 7.65. The van der Waals surface area contributed by atoms with E-state index in [0.29, 0.717) is 6.54 Å². The van der Waals surface area contributed by atoms with Gasteiger partial charge in [-0.3, -0.25) is 10.1 Å². The number of aliphatic hydroxyl groups is 1. The van der Waals surface area contributed by atoms with Crippen LogP contribution in [0.3, 0.4) is 0 Å². The zero-order valence-corrected chi connectivity index (χ0v) is 9.51. The lowest BCUT2D eigenvalue weighted by molar-refractivity contribution is -0.145. The molecule has 0 aliphatic heterocycles. The van der Waals surface area contributed by atoms with Gasteiger partial charge in [-0.2, -0.15) is 0 Å². The third kappa shape index (κ3) is 3.64. The molecule has 1 aromatic carbocycles. The van der Waals surface area contributed by atoms with Crippen LogP contribution in [0.25, 0.3) is 0 Å². The van der Waals surface area contributed by atoms with Crippen LogP contribution in [0.15, 0.2) is 30.3 Å². The second-order valence-corrected chi connectivity index (χ2v) is 3.61. The Kier molecular flexibility index (Phi) is 4.95. The Hall–Kier alpha value is -1.39. The Morgan fingerprint density at radius 3 is 2.56 bits per heavy atom. The Labute approximate surface area is 95.2 Å². The molecule has 4 nitrogen and oxygen atoms in total. The average Bonchev–Trinajstić information content (AvgIpc) is 2.30. The fraction of sp³-hybridized carbons (Fsp3) is 0.417. The summed E-state index contributed by atoms with van der Waals surface area (Å²) in [5.74, 6) is -0.453. The monoisotopic (exact) mass is 223 g/mol. The minimum absolute atomic E-state index is 0.453. The third-order valence-electron chi connectivity index (χ3n) is 2.31. The highest BCUT2D eigenvalue weighted by molar-refractivity contribution is 5.76. The quantitative estimate of drug-likeness (QED) is 0.721. The number of carbonyl (C=O) groups excluding carboxylic acids is 1. The Balaban J connectivity index is 2.54. The van der Waals surface area contributed by atoms with Crippen molar-refractivity contribution in [1.29, 1.82) is 0 Å². The molecule has 0 unspecified atom stereocenters. The second kappa shape index (κ2) is 6.25. The number of methoxy groups -OCH3 is 1. The third-order valence-corrected chi connectivity index (χ3v) is 2.31. The summed E-state index contributed by atoms with van der Waals surface area (Å²) in [6, 6.07) is 8.98. The van der Waals surface area contributed by atoms with Crippen LogP contribution >= 0.6 is 0 Å². The Morgan fingerprint density at radius 1 is 1.44 bits per heavy atom. The lowest BCUT2D eigenvalue weighted by Gasteiger charge is -2.18. The molecule has 0 radical (unpaired) electrons. The van der Waals surface area contributed by atoms with Gasteiger partial charge in [-0.05, 0) is 12.5 Å². The zero-order chi connectivity index (χ0) is 12.0. The number of nitrogens with one attached hydrogen (secondary N) is 1. The van der Waals surface area contributed by atoms with Crippen molar-refractivity contribution < 1.29 is 14.6 Å². The molecule has 88 valence electrons. The molecule has 0 heterocycles. The number of ether oxygens (including phenoxy) is 1. The molecule has 1 rings (SSSR count). The van der Waals surface area contributed by atoms with Crippen LogP contribution in [0.5, 0.6) is 0 Å². The minimum Gasteiger partial charge on any atom is -0.468 e. The molecule has 0 bridgehead atoms. The van der Waals surface area contributed by atoms with Crippen molar-refractivity contribution in [2.75, 3.05) is 7.11 Å². The SMILES string of the molecule is COC(=O)[C@@H](NCc1ccccc1)[C@@H](C)O. The summed E-state index contributed by atoms with van der Waals surface area (Å²) in [7, 11) is 1.31. The molecular formula is C12H17NO3. The van der Waals surface area contributed by atoms with Gasteiger partial charge in [0, 0.05) is 6.54 Å². The van der Waals surface area contributed by atoms with E-state index in [-0.39, 0.29) is 0 Å². The highest BCUT2D eigenvalue weighted by Gasteiger charge is 2.23. The van der Waals surface area contributed by atoms with Crippen molar-refractivity contribution in [2.45, 2.75) is 25.6 Å². The standard InChI is InChI=1S/C12H17NO3/c1-9(14)11(12(15)16-2)13-8-10-6-4-3-5-7-10/h3-7,9,11,13-14H,8H2,1-2H3/t9-,11+/m1/s1. The van der Waals surface area contributed by atoms with Crippen LogP contribution in [-0.2, 0) is 16.1 Å². The van der Waals surface area contributed by atoms with E-state index in [1.54, 1.807) is 6.92 Å². The lowest BCUT2D eigenvalue weighted by Crippen LogP contribution is -2.45. The Bertz CT molecular complexity index is 324. The molecule has 1 aromatic rings. The number of rotatable bonds is 5. The molecule has 0 spiro atoms. The number of carbonyl (C=O) groups is 1. The predicted molar refractivity (Wildman–Crippen MR) is 60.8 cm³/mol. The van der Waals surface area contributed by atoms with Crippen molar-refractivity contribution in [3.05, 3.63) is 35.9 Å². The smallest absolute Gasteiger partial charge is 0.325 e. The molecular weight excluding hydrogens is 206 g/mol. The lowest BCUT2D eigenvalue weighted by atomic mass is 10.1. The topological polar surface area (TPSA) is 58.6 Å². The molecule has 2 N–H and O–H groups in total. The van der Waals surface area contributed by atoms with Gasteiger partial charge in [0.05, 0.1) is 13.2 Å². The van der Waals surface area contributed by atoms with Crippen molar-refractivity contribution >= 4 is 5.97 Å². The number of esters is 1.